The molecule has 0 aromatic carbocycles. The highest BCUT2D eigenvalue weighted by Crippen LogP contribution is 2.04. The number of carbonyl (C=O) groups is 4. The van der Waals surface area contributed by atoms with Gasteiger partial charge >= 0.3 is 17.9 Å². The van der Waals surface area contributed by atoms with E-state index in [2.05, 4.69) is 0 Å². The monoisotopic (exact) mass is 649 g/mol. The second-order valence-electron chi connectivity index (χ2n) is 10.7. The van der Waals surface area contributed by atoms with Crippen molar-refractivity contribution in [2.45, 2.75) is 0 Å². The molecule has 0 saturated carbocycles. The third-order valence-electron chi connectivity index (χ3n) is 7.22. The maximum absolute atomic E-state index is 13.7. The number of amides is 1. The number of carboxylic acid groups (broad SMARTS) is 3. The number of rotatable bonds is 8. The lowest BCUT2D eigenvalue weighted by atomic mass is 10.3. The third-order valence-corrected chi connectivity index (χ3v) is 7.22. The van der Waals surface area contributed by atoms with Crippen LogP contribution in [0.15, 0.2) is 0 Å². The number of aliphatic carboxylic acids is 3. The van der Waals surface area contributed by atoms with Gasteiger partial charge in [-0.3, -0.25) is 38.8 Å². The van der Waals surface area contributed by atoms with Crippen molar-refractivity contribution < 1.29 is 58.2 Å². The van der Waals surface area contributed by atoms with Crippen LogP contribution in [0.1, 0.15) is 0 Å². The van der Waals surface area contributed by atoms with E-state index in [4.69, 9.17) is 23.7 Å². The fraction of sp³-hybridized carbons (Fsp3) is 0.857. The Labute approximate surface area is 264 Å². The topological polar surface area (TPSA) is 191 Å². The number of hydrogen-bond donors (Lipinski definition) is 3. The summed E-state index contributed by atoms with van der Waals surface area (Å²) >= 11 is 0. The van der Waals surface area contributed by atoms with Crippen LogP contribution in [0, 0.1) is 0 Å². The van der Waals surface area contributed by atoms with Crippen molar-refractivity contribution >= 4 is 23.8 Å². The second-order valence-corrected chi connectivity index (χ2v) is 10.7. The van der Waals surface area contributed by atoms with E-state index in [0.29, 0.717) is 79.2 Å². The van der Waals surface area contributed by atoms with Crippen LogP contribution in [-0.2, 0) is 42.9 Å². The van der Waals surface area contributed by atoms with Crippen molar-refractivity contribution in [3.8, 4) is 0 Å². The summed E-state index contributed by atoms with van der Waals surface area (Å²) in [7, 11) is 0. The zero-order valence-electron chi connectivity index (χ0n) is 26.2. The summed E-state index contributed by atoms with van der Waals surface area (Å²) in [4.78, 5) is 56.8. The van der Waals surface area contributed by atoms with Gasteiger partial charge in [-0.25, -0.2) is 0 Å². The van der Waals surface area contributed by atoms with E-state index < -0.39 is 17.9 Å². The minimum atomic E-state index is -1.02. The molecule has 2 aliphatic rings. The first-order chi connectivity index (χ1) is 21.7. The Morgan fingerprint density at radius 3 is 0.956 bits per heavy atom. The Balaban J connectivity index is 2.08. The molecule has 260 valence electrons. The van der Waals surface area contributed by atoms with Crippen molar-refractivity contribution in [1.29, 1.82) is 0 Å². The van der Waals surface area contributed by atoms with E-state index in [0.717, 1.165) is 0 Å². The molecule has 0 aromatic rings. The fourth-order valence-corrected chi connectivity index (χ4v) is 4.76. The molecule has 0 unspecified atom stereocenters. The molecule has 45 heavy (non-hydrogen) atoms. The van der Waals surface area contributed by atoms with Gasteiger partial charge in [-0.2, -0.15) is 0 Å². The van der Waals surface area contributed by atoms with Crippen molar-refractivity contribution in [3.05, 3.63) is 0 Å². The molecule has 2 heterocycles. The molecule has 2 rings (SSSR count). The van der Waals surface area contributed by atoms with Crippen LogP contribution in [0.3, 0.4) is 0 Å². The smallest absolute Gasteiger partial charge is 0.317 e. The zero-order chi connectivity index (χ0) is 32.7. The van der Waals surface area contributed by atoms with Crippen LogP contribution < -0.4 is 0 Å². The molecular weight excluding hydrogens is 598 g/mol. The minimum absolute atomic E-state index is 0.0707. The van der Waals surface area contributed by atoms with E-state index in [1.54, 1.807) is 19.6 Å². The van der Waals surface area contributed by atoms with Gasteiger partial charge in [0.25, 0.3) is 0 Å². The third kappa shape index (κ3) is 19.6. The summed E-state index contributed by atoms with van der Waals surface area (Å²) in [5, 5.41) is 28.2. The van der Waals surface area contributed by atoms with Crippen LogP contribution in [-0.4, -0.2) is 221 Å². The van der Waals surface area contributed by atoms with Gasteiger partial charge in [0.05, 0.1) is 92.2 Å². The summed E-state index contributed by atoms with van der Waals surface area (Å²) < 4.78 is 27.8. The van der Waals surface area contributed by atoms with Crippen LogP contribution in [0.5, 0.6) is 0 Å². The first-order valence-corrected chi connectivity index (χ1v) is 15.4. The van der Waals surface area contributed by atoms with Gasteiger partial charge in [0, 0.05) is 65.4 Å². The zero-order valence-corrected chi connectivity index (χ0v) is 26.2. The molecule has 17 nitrogen and oxygen atoms in total. The van der Waals surface area contributed by atoms with E-state index in [9.17, 15) is 34.5 Å². The number of hydrogen-bond acceptors (Lipinski definition) is 13. The molecule has 0 spiro atoms. The summed E-state index contributed by atoms with van der Waals surface area (Å²) in [5.74, 6) is -3.25. The van der Waals surface area contributed by atoms with Crippen LogP contribution >= 0.6 is 0 Å². The molecule has 0 atom stereocenters. The highest BCUT2D eigenvalue weighted by molar-refractivity contribution is 5.78. The van der Waals surface area contributed by atoms with E-state index in [1.165, 1.54) is 0 Å². The molecule has 0 bridgehead atoms. The van der Waals surface area contributed by atoms with Crippen LogP contribution in [0.25, 0.3) is 0 Å². The summed E-state index contributed by atoms with van der Waals surface area (Å²) in [5.41, 5.74) is 0. The van der Waals surface area contributed by atoms with Gasteiger partial charge in [0.15, 0.2) is 0 Å². The molecule has 17 heteroatoms. The Bertz CT molecular complexity index is 820. The van der Waals surface area contributed by atoms with Crippen molar-refractivity contribution in [2.24, 2.45) is 0 Å². The molecule has 0 aromatic heterocycles. The molecule has 2 fully saturated rings. The molecule has 0 aliphatic carbocycles. The lowest BCUT2D eigenvalue weighted by molar-refractivity contribution is -0.141. The van der Waals surface area contributed by atoms with Crippen molar-refractivity contribution in [1.82, 2.24) is 24.5 Å². The van der Waals surface area contributed by atoms with Gasteiger partial charge in [0.2, 0.25) is 5.91 Å². The summed E-state index contributed by atoms with van der Waals surface area (Å²) in [6.07, 6.45) is 0. The number of nitrogens with zero attached hydrogens (tertiary/aromatic N) is 5. The highest BCUT2D eigenvalue weighted by Gasteiger charge is 2.23. The number of carboxylic acids is 3. The maximum atomic E-state index is 13.7. The summed E-state index contributed by atoms with van der Waals surface area (Å²) in [6, 6.07) is 0. The SMILES string of the molecule is O=C(O)CN1CCN(CC(=O)O)CCN(C(=O)CN2CCOCCOCCOCCOCCOCC2)CCN(CC(=O)O)CC1. The number of ether oxygens (including phenoxy) is 5. The Hall–Kier alpha value is -2.48. The predicted molar refractivity (Wildman–Crippen MR) is 159 cm³/mol. The molecule has 1 amide bonds. The van der Waals surface area contributed by atoms with Gasteiger partial charge in [-0.05, 0) is 0 Å². The molecule has 2 saturated heterocycles. The van der Waals surface area contributed by atoms with E-state index in [-0.39, 0.29) is 84.4 Å². The van der Waals surface area contributed by atoms with Crippen LogP contribution in [0.2, 0.25) is 0 Å². The molecular formula is C28H51N5O12. The highest BCUT2D eigenvalue weighted by atomic mass is 16.6. The minimum Gasteiger partial charge on any atom is -0.480 e. The Morgan fingerprint density at radius 1 is 0.378 bits per heavy atom. The van der Waals surface area contributed by atoms with Crippen molar-refractivity contribution in [3.63, 3.8) is 0 Å². The molecule has 0 radical (unpaired) electrons. The van der Waals surface area contributed by atoms with Crippen LogP contribution in [0.4, 0.5) is 0 Å². The second kappa shape index (κ2) is 23.8. The summed E-state index contributed by atoms with van der Waals surface area (Å²) in [6.45, 7) is 6.60. The van der Waals surface area contributed by atoms with Gasteiger partial charge in [-0.15, -0.1) is 0 Å². The van der Waals surface area contributed by atoms with Crippen molar-refractivity contribution in [2.75, 3.05) is 158 Å². The largest absolute Gasteiger partial charge is 0.480 e. The first kappa shape index (κ1) is 38.7. The first-order valence-electron chi connectivity index (χ1n) is 15.4. The maximum Gasteiger partial charge on any atom is 0.317 e. The molecule has 3 N–H and O–H groups in total. The average molecular weight is 650 g/mol. The van der Waals surface area contributed by atoms with Gasteiger partial charge < -0.3 is 43.9 Å². The van der Waals surface area contributed by atoms with Gasteiger partial charge in [-0.1, -0.05) is 0 Å². The average Bonchev–Trinajstić information content (AvgIpc) is 2.97. The van der Waals surface area contributed by atoms with Gasteiger partial charge in [0.1, 0.15) is 0 Å². The Morgan fingerprint density at radius 2 is 0.644 bits per heavy atom. The lowest BCUT2D eigenvalue weighted by Crippen LogP contribution is -2.51. The Kier molecular flexibility index (Phi) is 20.5. The van der Waals surface area contributed by atoms with E-state index >= 15 is 0 Å². The predicted octanol–water partition coefficient (Wildman–Crippen LogP) is -2.61. The fourth-order valence-electron chi connectivity index (χ4n) is 4.76. The van der Waals surface area contributed by atoms with E-state index in [1.807, 2.05) is 4.90 Å². The molecule has 2 aliphatic heterocycles. The lowest BCUT2D eigenvalue weighted by Gasteiger charge is -2.34. The standard InChI is InChI=1S/C28H51N5O12/c34-25(21-32-9-11-41-13-15-43-17-19-45-20-18-44-16-14-42-12-10-32)33-7-5-30(23-27(37)38)3-1-29(22-26(35)36)2-4-31(6-8-33)24-28(39)40/h1-24H2,(H,35,36)(H,37,38)(H,39,40). The number of carbonyl (C=O) groups excluding carboxylic acids is 1. The normalized spacial score (nSPS) is 21.9. The quantitative estimate of drug-likeness (QED) is 0.248.